The number of benzene rings is 3. The van der Waals surface area contributed by atoms with E-state index in [1.54, 1.807) is 47.4 Å². The number of phenols is 1. The minimum absolute atomic E-state index is 0.00209. The number of guanidine groups is 1. The van der Waals surface area contributed by atoms with E-state index < -0.39 is 65.4 Å². The van der Waals surface area contributed by atoms with Gasteiger partial charge in [-0.15, -0.1) is 0 Å². The highest BCUT2D eigenvalue weighted by Crippen LogP contribution is 2.50. The van der Waals surface area contributed by atoms with Gasteiger partial charge in [-0.05, 0) is 49.5 Å². The first-order chi connectivity index (χ1) is 25.6. The van der Waals surface area contributed by atoms with E-state index in [-0.39, 0.29) is 57.7 Å². The number of carbonyl (C=O) groups excluding carboxylic acids is 3. The smallest absolute Gasteiger partial charge is 0.302 e. The number of aliphatic hydroxyl groups excluding tert-OH is 3. The van der Waals surface area contributed by atoms with Crippen molar-refractivity contribution in [2.45, 2.75) is 67.9 Å². The van der Waals surface area contributed by atoms with E-state index in [4.69, 9.17) is 19.9 Å². The summed E-state index contributed by atoms with van der Waals surface area (Å²) in [6.45, 7) is -0.00209. The van der Waals surface area contributed by atoms with Crippen LogP contribution >= 0.6 is 0 Å². The Hall–Kier alpha value is -5.74. The molecule has 0 aromatic heterocycles. The van der Waals surface area contributed by atoms with Crippen molar-refractivity contribution in [2.75, 3.05) is 11.6 Å². The lowest BCUT2D eigenvalue weighted by atomic mass is 9.79. The van der Waals surface area contributed by atoms with Crippen LogP contribution in [0.4, 0.5) is 5.69 Å². The van der Waals surface area contributed by atoms with Crippen molar-refractivity contribution in [1.29, 1.82) is 0 Å². The number of anilines is 1. The van der Waals surface area contributed by atoms with Gasteiger partial charge in [0.05, 0.1) is 11.8 Å². The molecular weight excluding hydrogens is 686 g/mol. The number of phenolic OH excluding ortho intramolecular Hbond substituents is 1. The van der Waals surface area contributed by atoms with E-state index in [0.717, 1.165) is 12.8 Å². The second kappa shape index (κ2) is 12.2. The van der Waals surface area contributed by atoms with E-state index in [2.05, 4.69) is 15.0 Å². The van der Waals surface area contributed by atoms with Crippen LogP contribution in [-0.4, -0.2) is 98.4 Å². The number of aromatic hydroxyl groups is 1. The Kier molecular flexibility index (Phi) is 7.60. The highest BCUT2D eigenvalue weighted by molar-refractivity contribution is 6.72. The van der Waals surface area contributed by atoms with Gasteiger partial charge in [0, 0.05) is 33.9 Å². The minimum atomic E-state index is -1.80. The van der Waals surface area contributed by atoms with Gasteiger partial charge in [0.25, 0.3) is 0 Å². The number of amides is 1. The van der Waals surface area contributed by atoms with Gasteiger partial charge in [-0.2, -0.15) is 9.98 Å². The molecule has 1 saturated heterocycles. The number of hydrogen-bond donors (Lipinski definition) is 5. The Morgan fingerprint density at radius 2 is 1.57 bits per heavy atom. The predicted molar refractivity (Wildman–Crippen MR) is 187 cm³/mol. The molecule has 15 heteroatoms. The number of rotatable bonds is 2. The maximum Gasteiger partial charge on any atom is 0.302 e. The number of carbonyl (C=O) groups is 3. The average molecular weight is 720 g/mol. The molecule has 15 nitrogen and oxygen atoms in total. The third-order valence-electron chi connectivity index (χ3n) is 10.9. The molecule has 1 saturated carbocycles. The summed E-state index contributed by atoms with van der Waals surface area (Å²) in [5.74, 6) is -3.70. The summed E-state index contributed by atoms with van der Waals surface area (Å²) < 4.78 is 19.1. The zero-order valence-electron chi connectivity index (χ0n) is 28.0. The molecule has 4 heterocycles. The van der Waals surface area contributed by atoms with Crippen LogP contribution in [0.5, 0.6) is 11.5 Å². The van der Waals surface area contributed by atoms with Crippen molar-refractivity contribution in [3.63, 3.8) is 0 Å². The molecule has 3 aromatic carbocycles. The summed E-state index contributed by atoms with van der Waals surface area (Å²) in [4.78, 5) is 54.8. The number of ketones is 2. The summed E-state index contributed by atoms with van der Waals surface area (Å²) in [5.41, 5.74) is 5.90. The van der Waals surface area contributed by atoms with Crippen LogP contribution in [0.15, 0.2) is 81.9 Å². The zero-order chi connectivity index (χ0) is 36.8. The molecule has 2 aliphatic carbocycles. The third-order valence-corrected chi connectivity index (χ3v) is 10.9. The Morgan fingerprint density at radius 1 is 0.849 bits per heavy atom. The molecule has 2 bridgehead atoms. The number of nitrogens with zero attached hydrogens (tertiary/aromatic N) is 4. The molecule has 0 radical (unpaired) electrons. The number of hydrogen-bond acceptors (Lipinski definition) is 14. The number of para-hydroxylation sites is 1. The largest absolute Gasteiger partial charge is 0.504 e. The van der Waals surface area contributed by atoms with Gasteiger partial charge in [0.2, 0.25) is 12.2 Å². The molecule has 2 fully saturated rings. The molecule has 1 amide bonds. The van der Waals surface area contributed by atoms with Crippen molar-refractivity contribution >= 4 is 40.7 Å². The Morgan fingerprint density at radius 3 is 2.34 bits per heavy atom. The topological polar surface area (TPSA) is 226 Å². The number of amidine groups is 1. The maximum absolute atomic E-state index is 14.1. The second-order valence-electron chi connectivity index (χ2n) is 13.8. The van der Waals surface area contributed by atoms with Crippen molar-refractivity contribution in [3.8, 4) is 11.5 Å². The lowest BCUT2D eigenvalue weighted by molar-refractivity contribution is -0.304. The standard InChI is InChI=1S/C38H33N5O10/c39-37-41-34-25(35(50)42-37)40-16-43(34)23-10-4-3-7-18(23)17-11-14-51-38(12-5-6-13-38)33-30(48)29(47)31(49)36(53-33)52-32-21(17)15-22-24(28(32)46)27(45)20-9-2-1-8-19(20)26(22)44/h1-4,7-11,14-15,17,29-31,33,36,46-49H,5-6,12-13,16H2,(H2,39,42,50). The average Bonchev–Trinajstić information content (AvgIpc) is 3.81. The van der Waals surface area contributed by atoms with Gasteiger partial charge in [-0.25, -0.2) is 0 Å². The first-order valence-electron chi connectivity index (χ1n) is 17.3. The summed E-state index contributed by atoms with van der Waals surface area (Å²) in [6, 6.07) is 14.9. The van der Waals surface area contributed by atoms with Crippen molar-refractivity contribution in [3.05, 3.63) is 100 Å². The van der Waals surface area contributed by atoms with E-state index in [0.29, 0.717) is 24.1 Å². The molecule has 270 valence electrons. The van der Waals surface area contributed by atoms with Crippen LogP contribution in [0.1, 0.15) is 74.6 Å². The van der Waals surface area contributed by atoms with E-state index in [1.807, 2.05) is 0 Å². The summed E-state index contributed by atoms with van der Waals surface area (Å²) in [6.07, 6.45) is -2.37. The number of aliphatic hydroxyl groups is 3. The molecule has 6 atom stereocenters. The number of ether oxygens (including phenoxy) is 3. The van der Waals surface area contributed by atoms with Gasteiger partial charge in [-0.3, -0.25) is 19.4 Å². The number of allylic oxidation sites excluding steroid dienone is 1. The first kappa shape index (κ1) is 33.1. The Balaban J connectivity index is 1.28. The van der Waals surface area contributed by atoms with Crippen LogP contribution in [0.2, 0.25) is 0 Å². The van der Waals surface area contributed by atoms with Crippen LogP contribution in [-0.2, 0) is 14.3 Å². The minimum Gasteiger partial charge on any atom is -0.504 e. The highest BCUT2D eigenvalue weighted by Gasteiger charge is 2.56. The Bertz CT molecular complexity index is 2240. The molecule has 1 spiro atoms. The Labute approximate surface area is 301 Å². The van der Waals surface area contributed by atoms with Gasteiger partial charge in [-0.1, -0.05) is 42.5 Å². The molecule has 9 rings (SSSR count). The van der Waals surface area contributed by atoms with Gasteiger partial charge < -0.3 is 45.3 Å². The fourth-order valence-electron chi connectivity index (χ4n) is 8.32. The first-order valence-corrected chi connectivity index (χ1v) is 17.3. The maximum atomic E-state index is 14.1. The summed E-state index contributed by atoms with van der Waals surface area (Å²) in [7, 11) is 0. The van der Waals surface area contributed by atoms with Crippen LogP contribution in [0.3, 0.4) is 0 Å². The monoisotopic (exact) mass is 719 g/mol. The van der Waals surface area contributed by atoms with Gasteiger partial charge in [0.15, 0.2) is 34.6 Å². The second-order valence-corrected chi connectivity index (χ2v) is 13.8. The van der Waals surface area contributed by atoms with Gasteiger partial charge in [0.1, 0.15) is 36.7 Å². The zero-order valence-corrected chi connectivity index (χ0v) is 28.0. The number of aliphatic imine (C=N–C) groups is 3. The number of nitrogens with two attached hydrogens (primary N) is 1. The summed E-state index contributed by atoms with van der Waals surface area (Å²) in [5, 5.41) is 45.7. The molecule has 3 aromatic rings. The molecular formula is C38H33N5O10. The van der Waals surface area contributed by atoms with Crippen LogP contribution in [0, 0.1) is 0 Å². The molecule has 53 heavy (non-hydrogen) atoms. The predicted octanol–water partition coefficient (Wildman–Crippen LogP) is 1.81. The fourth-order valence-corrected chi connectivity index (χ4v) is 8.32. The molecule has 6 N–H and O–H groups in total. The fraction of sp³-hybridized carbons (Fsp3) is 0.316. The highest BCUT2D eigenvalue weighted by atomic mass is 16.7. The van der Waals surface area contributed by atoms with Crippen molar-refractivity contribution < 1.29 is 49.0 Å². The lowest BCUT2D eigenvalue weighted by Crippen LogP contribution is -2.65. The van der Waals surface area contributed by atoms with E-state index >= 15 is 0 Å². The molecule has 4 aliphatic heterocycles. The van der Waals surface area contributed by atoms with E-state index in [1.165, 1.54) is 24.5 Å². The summed E-state index contributed by atoms with van der Waals surface area (Å²) >= 11 is 0. The van der Waals surface area contributed by atoms with Crippen molar-refractivity contribution in [1.82, 2.24) is 0 Å². The van der Waals surface area contributed by atoms with Crippen molar-refractivity contribution in [2.24, 2.45) is 20.7 Å². The van der Waals surface area contributed by atoms with Gasteiger partial charge >= 0.3 is 5.91 Å². The normalized spacial score (nSPS) is 28.4. The number of fused-ring (bicyclic) bond motifs is 7. The quantitative estimate of drug-likeness (QED) is 0.200. The van der Waals surface area contributed by atoms with Crippen LogP contribution in [0.25, 0.3) is 0 Å². The molecule has 6 unspecified atom stereocenters. The lowest BCUT2D eigenvalue weighted by Gasteiger charge is -2.47. The SMILES string of the molecule is NC1=NC(=O)C2=NCN(c3ccccc3C3C=COC4(CCCC4)C4OC(Oc5c3cc3c(c5O)C(=O)c5ccccc5C3=O)C(O)C(O)C4O)C2=N1. The molecule has 6 aliphatic rings. The van der Waals surface area contributed by atoms with Crippen LogP contribution < -0.4 is 15.4 Å². The van der Waals surface area contributed by atoms with E-state index in [9.17, 15) is 34.8 Å². The third kappa shape index (κ3) is 4.95.